The van der Waals surface area contributed by atoms with Crippen LogP contribution in [0, 0.1) is 12.7 Å². The lowest BCUT2D eigenvalue weighted by atomic mass is 10.0. The van der Waals surface area contributed by atoms with E-state index in [1.165, 1.54) is 12.1 Å². The van der Waals surface area contributed by atoms with Crippen molar-refractivity contribution in [1.82, 2.24) is 9.55 Å². The van der Waals surface area contributed by atoms with Crippen molar-refractivity contribution in [3.63, 3.8) is 0 Å². The zero-order valence-electron chi connectivity index (χ0n) is 9.97. The van der Waals surface area contributed by atoms with Gasteiger partial charge < -0.3 is 10.3 Å². The highest BCUT2D eigenvalue weighted by Gasteiger charge is 2.19. The van der Waals surface area contributed by atoms with E-state index in [0.29, 0.717) is 0 Å². The molecule has 2 unspecified atom stereocenters. The van der Waals surface area contributed by atoms with Gasteiger partial charge in [-0.15, -0.1) is 0 Å². The van der Waals surface area contributed by atoms with Crippen molar-refractivity contribution in [3.05, 3.63) is 53.9 Å². The van der Waals surface area contributed by atoms with Crippen molar-refractivity contribution < 1.29 is 4.39 Å². The first kappa shape index (κ1) is 11.8. The summed E-state index contributed by atoms with van der Waals surface area (Å²) in [6.07, 6.45) is 3.64. The lowest BCUT2D eigenvalue weighted by molar-refractivity contribution is 0.485. The zero-order valence-corrected chi connectivity index (χ0v) is 9.97. The number of benzene rings is 1. The molecule has 17 heavy (non-hydrogen) atoms. The Kier molecular flexibility index (Phi) is 3.24. The van der Waals surface area contributed by atoms with Gasteiger partial charge in [-0.05, 0) is 31.5 Å². The minimum absolute atomic E-state index is 0.0156. The molecule has 0 saturated carbocycles. The molecule has 2 aromatic rings. The zero-order chi connectivity index (χ0) is 12.4. The summed E-state index contributed by atoms with van der Waals surface area (Å²) in [7, 11) is 0. The van der Waals surface area contributed by atoms with Crippen molar-refractivity contribution in [1.29, 1.82) is 0 Å². The third-order valence-electron chi connectivity index (χ3n) is 2.87. The van der Waals surface area contributed by atoms with Crippen LogP contribution >= 0.6 is 0 Å². The molecule has 2 rings (SSSR count). The molecule has 2 atom stereocenters. The molecule has 1 heterocycles. The van der Waals surface area contributed by atoms with Crippen LogP contribution in [-0.2, 0) is 0 Å². The van der Waals surface area contributed by atoms with E-state index in [9.17, 15) is 4.39 Å². The van der Waals surface area contributed by atoms with E-state index in [1.54, 1.807) is 18.3 Å². The van der Waals surface area contributed by atoms with Crippen LogP contribution in [0.3, 0.4) is 0 Å². The summed E-state index contributed by atoms with van der Waals surface area (Å²) in [6.45, 7) is 3.87. The van der Waals surface area contributed by atoms with Gasteiger partial charge in [-0.1, -0.05) is 12.1 Å². The Hall–Kier alpha value is -1.68. The van der Waals surface area contributed by atoms with E-state index in [4.69, 9.17) is 5.73 Å². The molecule has 0 amide bonds. The first-order valence-corrected chi connectivity index (χ1v) is 5.60. The summed E-state index contributed by atoms with van der Waals surface area (Å²) >= 11 is 0. The van der Waals surface area contributed by atoms with Gasteiger partial charge in [0.05, 0.1) is 6.04 Å². The maximum atomic E-state index is 12.9. The van der Waals surface area contributed by atoms with E-state index in [-0.39, 0.29) is 17.9 Å². The van der Waals surface area contributed by atoms with Gasteiger partial charge in [-0.25, -0.2) is 9.37 Å². The van der Waals surface area contributed by atoms with Gasteiger partial charge in [0.2, 0.25) is 0 Å². The van der Waals surface area contributed by atoms with Crippen LogP contribution < -0.4 is 5.73 Å². The van der Waals surface area contributed by atoms with Gasteiger partial charge in [0, 0.05) is 18.4 Å². The standard InChI is InChI=1S/C13H16FN3/c1-9(15)13(17-8-7-16-10(17)2)11-3-5-12(14)6-4-11/h3-9,13H,15H2,1-2H3. The first-order valence-electron chi connectivity index (χ1n) is 5.60. The van der Waals surface area contributed by atoms with Gasteiger partial charge in [0.1, 0.15) is 11.6 Å². The number of aryl methyl sites for hydroxylation is 1. The minimum Gasteiger partial charge on any atom is -0.326 e. The molecule has 0 aliphatic carbocycles. The number of halogens is 1. The van der Waals surface area contributed by atoms with Crippen LogP contribution in [0.4, 0.5) is 4.39 Å². The Bertz CT molecular complexity index is 488. The Labute approximate surface area is 100 Å². The van der Waals surface area contributed by atoms with Crippen molar-refractivity contribution in [2.75, 3.05) is 0 Å². The number of nitrogens with zero attached hydrogens (tertiary/aromatic N) is 2. The van der Waals surface area contributed by atoms with Crippen LogP contribution in [0.2, 0.25) is 0 Å². The molecule has 0 aliphatic rings. The summed E-state index contributed by atoms with van der Waals surface area (Å²) in [5, 5.41) is 0. The molecular weight excluding hydrogens is 217 g/mol. The third kappa shape index (κ3) is 2.36. The average molecular weight is 233 g/mol. The molecule has 0 aliphatic heterocycles. The van der Waals surface area contributed by atoms with E-state index < -0.39 is 0 Å². The molecule has 0 spiro atoms. The number of hydrogen-bond donors (Lipinski definition) is 1. The predicted octanol–water partition coefficient (Wildman–Crippen LogP) is 2.27. The summed E-state index contributed by atoms with van der Waals surface area (Å²) in [4.78, 5) is 4.20. The number of rotatable bonds is 3. The SMILES string of the molecule is Cc1nccn1C(c1ccc(F)cc1)C(C)N. The quantitative estimate of drug-likeness (QED) is 0.883. The molecule has 0 bridgehead atoms. The van der Waals surface area contributed by atoms with E-state index >= 15 is 0 Å². The normalized spacial score (nSPS) is 14.6. The summed E-state index contributed by atoms with van der Waals surface area (Å²) in [5.41, 5.74) is 7.01. The maximum Gasteiger partial charge on any atom is 0.123 e. The van der Waals surface area contributed by atoms with E-state index in [0.717, 1.165) is 11.4 Å². The largest absolute Gasteiger partial charge is 0.326 e. The molecule has 90 valence electrons. The number of hydrogen-bond acceptors (Lipinski definition) is 2. The summed E-state index contributed by atoms with van der Waals surface area (Å²) < 4.78 is 14.9. The smallest absolute Gasteiger partial charge is 0.123 e. The average Bonchev–Trinajstić information content (AvgIpc) is 2.68. The second kappa shape index (κ2) is 4.67. The van der Waals surface area contributed by atoms with Crippen molar-refractivity contribution in [2.24, 2.45) is 5.73 Å². The van der Waals surface area contributed by atoms with Gasteiger partial charge in [-0.3, -0.25) is 0 Å². The number of nitrogens with two attached hydrogens (primary N) is 1. The Morgan fingerprint density at radius 1 is 1.29 bits per heavy atom. The highest BCUT2D eigenvalue weighted by molar-refractivity contribution is 5.23. The monoisotopic (exact) mass is 233 g/mol. The highest BCUT2D eigenvalue weighted by Crippen LogP contribution is 2.22. The second-order valence-electron chi connectivity index (χ2n) is 4.24. The Morgan fingerprint density at radius 2 is 1.94 bits per heavy atom. The first-order chi connectivity index (χ1) is 8.09. The molecule has 0 radical (unpaired) electrons. The lowest BCUT2D eigenvalue weighted by Gasteiger charge is -2.24. The topological polar surface area (TPSA) is 43.8 Å². The fourth-order valence-corrected chi connectivity index (χ4v) is 2.06. The fourth-order valence-electron chi connectivity index (χ4n) is 2.06. The highest BCUT2D eigenvalue weighted by atomic mass is 19.1. The van der Waals surface area contributed by atoms with Crippen LogP contribution in [0.25, 0.3) is 0 Å². The maximum absolute atomic E-state index is 12.9. The molecule has 2 N–H and O–H groups in total. The van der Waals surface area contributed by atoms with Crippen LogP contribution in [0.1, 0.15) is 24.4 Å². The molecule has 0 saturated heterocycles. The second-order valence-corrected chi connectivity index (χ2v) is 4.24. The Balaban J connectivity index is 2.43. The number of aromatic nitrogens is 2. The third-order valence-corrected chi connectivity index (χ3v) is 2.87. The molecule has 0 fully saturated rings. The number of imidazole rings is 1. The molecule has 3 nitrogen and oxygen atoms in total. The minimum atomic E-state index is -0.237. The summed E-state index contributed by atoms with van der Waals surface area (Å²) in [6, 6.07) is 6.35. The van der Waals surface area contributed by atoms with Gasteiger partial charge in [0.15, 0.2) is 0 Å². The van der Waals surface area contributed by atoms with Crippen LogP contribution in [0.15, 0.2) is 36.7 Å². The van der Waals surface area contributed by atoms with Gasteiger partial charge >= 0.3 is 0 Å². The molecular formula is C13H16FN3. The fraction of sp³-hybridized carbons (Fsp3) is 0.308. The van der Waals surface area contributed by atoms with Gasteiger partial charge in [0.25, 0.3) is 0 Å². The van der Waals surface area contributed by atoms with Gasteiger partial charge in [-0.2, -0.15) is 0 Å². The molecule has 1 aromatic heterocycles. The molecule has 4 heteroatoms. The van der Waals surface area contributed by atoms with E-state index in [2.05, 4.69) is 4.98 Å². The van der Waals surface area contributed by atoms with Crippen molar-refractivity contribution >= 4 is 0 Å². The predicted molar refractivity (Wildman–Crippen MR) is 65.2 cm³/mol. The van der Waals surface area contributed by atoms with Crippen molar-refractivity contribution in [3.8, 4) is 0 Å². The van der Waals surface area contributed by atoms with E-state index in [1.807, 2.05) is 24.6 Å². The van der Waals surface area contributed by atoms with Crippen molar-refractivity contribution in [2.45, 2.75) is 25.9 Å². The molecule has 1 aromatic carbocycles. The summed E-state index contributed by atoms with van der Waals surface area (Å²) in [5.74, 6) is 0.663. The Morgan fingerprint density at radius 3 is 2.41 bits per heavy atom. The lowest BCUT2D eigenvalue weighted by Crippen LogP contribution is -2.30. The van der Waals surface area contributed by atoms with Crippen LogP contribution in [-0.4, -0.2) is 15.6 Å². The van der Waals surface area contributed by atoms with Crippen LogP contribution in [0.5, 0.6) is 0 Å².